The van der Waals surface area contributed by atoms with Crippen LogP contribution in [0.5, 0.6) is 17.2 Å². The molecule has 2 rings (SSSR count). The Kier molecular flexibility index (Phi) is 7.01. The molecule has 144 valence electrons. The summed E-state index contributed by atoms with van der Waals surface area (Å²) in [5.41, 5.74) is 0.903. The highest BCUT2D eigenvalue weighted by Gasteiger charge is 2.18. The van der Waals surface area contributed by atoms with Gasteiger partial charge in [0.1, 0.15) is 5.75 Å². The van der Waals surface area contributed by atoms with Gasteiger partial charge >= 0.3 is 12.1 Å². The molecule has 3 N–H and O–H groups in total. The average Bonchev–Trinajstić information content (AvgIpc) is 2.68. The van der Waals surface area contributed by atoms with Gasteiger partial charge in [-0.2, -0.15) is 0 Å². The third kappa shape index (κ3) is 5.61. The van der Waals surface area contributed by atoms with E-state index in [1.54, 1.807) is 12.1 Å². The molecule has 0 fully saturated rings. The minimum atomic E-state index is -0.979. The second-order valence-electron chi connectivity index (χ2n) is 5.64. The van der Waals surface area contributed by atoms with E-state index in [1.807, 2.05) is 0 Å². The Morgan fingerprint density at radius 1 is 1.04 bits per heavy atom. The molecule has 2 aromatic rings. The summed E-state index contributed by atoms with van der Waals surface area (Å²) in [4.78, 5) is 24.1. The van der Waals surface area contributed by atoms with Crippen molar-refractivity contribution >= 4 is 12.1 Å². The lowest BCUT2D eigenvalue weighted by Crippen LogP contribution is -2.40. The van der Waals surface area contributed by atoms with Crippen molar-refractivity contribution in [2.45, 2.75) is 12.5 Å². The van der Waals surface area contributed by atoms with Crippen LogP contribution in [0.25, 0.3) is 0 Å². The highest BCUT2D eigenvalue weighted by atomic mass is 16.6. The van der Waals surface area contributed by atoms with E-state index in [9.17, 15) is 19.8 Å². The lowest BCUT2D eigenvalue weighted by atomic mass is 10.1. The van der Waals surface area contributed by atoms with Crippen molar-refractivity contribution < 1.29 is 34.0 Å². The fourth-order valence-corrected chi connectivity index (χ4v) is 2.38. The van der Waals surface area contributed by atoms with Gasteiger partial charge in [-0.1, -0.05) is 12.1 Å². The van der Waals surface area contributed by atoms with Crippen LogP contribution in [0.3, 0.4) is 0 Å². The summed E-state index contributed by atoms with van der Waals surface area (Å²) in [6, 6.07) is 10.0. The van der Waals surface area contributed by atoms with Gasteiger partial charge in [-0.25, -0.2) is 9.59 Å². The Morgan fingerprint density at radius 3 is 2.30 bits per heavy atom. The third-order valence-electron chi connectivity index (χ3n) is 3.77. The zero-order chi connectivity index (χ0) is 19.8. The van der Waals surface area contributed by atoms with E-state index in [1.165, 1.54) is 44.6 Å². The SMILES string of the molecule is COc1ccc(C(=O)OC(=O)N[C@H](CO)Cc2ccc(O)cc2)cc1OC. The number of rotatable bonds is 7. The fourth-order valence-electron chi connectivity index (χ4n) is 2.38. The molecule has 1 atom stereocenters. The van der Waals surface area contributed by atoms with Crippen molar-refractivity contribution in [3.8, 4) is 17.2 Å². The summed E-state index contributed by atoms with van der Waals surface area (Å²) in [5, 5.41) is 21.1. The molecule has 0 saturated carbocycles. The van der Waals surface area contributed by atoms with Gasteiger partial charge in [-0.05, 0) is 42.3 Å². The number of methoxy groups -OCH3 is 2. The molecule has 2 aromatic carbocycles. The number of hydrogen-bond donors (Lipinski definition) is 3. The zero-order valence-electron chi connectivity index (χ0n) is 15.0. The topological polar surface area (TPSA) is 114 Å². The molecule has 0 spiro atoms. The van der Waals surface area contributed by atoms with Gasteiger partial charge in [0.25, 0.3) is 0 Å². The number of aliphatic hydroxyl groups excluding tert-OH is 1. The van der Waals surface area contributed by atoms with Gasteiger partial charge in [0.2, 0.25) is 0 Å². The number of benzene rings is 2. The maximum Gasteiger partial charge on any atom is 0.415 e. The molecule has 27 heavy (non-hydrogen) atoms. The molecule has 0 aliphatic heterocycles. The van der Waals surface area contributed by atoms with E-state index < -0.39 is 18.1 Å². The number of phenols is 1. The summed E-state index contributed by atoms with van der Waals surface area (Å²) in [5.74, 6) is 0.0163. The van der Waals surface area contributed by atoms with Crippen LogP contribution in [0.2, 0.25) is 0 Å². The minimum absolute atomic E-state index is 0.113. The van der Waals surface area contributed by atoms with Gasteiger partial charge in [-0.3, -0.25) is 0 Å². The van der Waals surface area contributed by atoms with E-state index in [2.05, 4.69) is 5.32 Å². The molecule has 0 heterocycles. The third-order valence-corrected chi connectivity index (χ3v) is 3.77. The monoisotopic (exact) mass is 375 g/mol. The van der Waals surface area contributed by atoms with Crippen LogP contribution in [-0.2, 0) is 11.2 Å². The minimum Gasteiger partial charge on any atom is -0.508 e. The summed E-state index contributed by atoms with van der Waals surface area (Å²) < 4.78 is 15.0. The predicted molar refractivity (Wildman–Crippen MR) is 96.2 cm³/mol. The van der Waals surface area contributed by atoms with Crippen LogP contribution in [-0.4, -0.2) is 49.1 Å². The Labute approximate surface area is 156 Å². The Hall–Kier alpha value is -3.26. The number of phenolic OH excluding ortho intramolecular Hbond substituents is 1. The molecule has 8 heteroatoms. The van der Waals surface area contributed by atoms with Gasteiger partial charge in [0, 0.05) is 0 Å². The van der Waals surface area contributed by atoms with Crippen molar-refractivity contribution in [2.75, 3.05) is 20.8 Å². The zero-order valence-corrected chi connectivity index (χ0v) is 15.0. The van der Waals surface area contributed by atoms with Gasteiger partial charge in [-0.15, -0.1) is 0 Å². The van der Waals surface area contributed by atoms with Crippen LogP contribution in [0, 0.1) is 0 Å². The Morgan fingerprint density at radius 2 is 1.70 bits per heavy atom. The maximum absolute atomic E-state index is 12.1. The Bertz CT molecular complexity index is 789. The first kappa shape index (κ1) is 20.1. The summed E-state index contributed by atoms with van der Waals surface area (Å²) in [6.45, 7) is -0.347. The number of esters is 1. The molecule has 1 amide bonds. The number of nitrogens with one attached hydrogen (secondary N) is 1. The second-order valence-corrected chi connectivity index (χ2v) is 5.64. The average molecular weight is 375 g/mol. The van der Waals surface area contributed by atoms with E-state index in [-0.39, 0.29) is 17.9 Å². The van der Waals surface area contributed by atoms with Crippen molar-refractivity contribution in [1.82, 2.24) is 5.32 Å². The van der Waals surface area contributed by atoms with E-state index in [4.69, 9.17) is 14.2 Å². The maximum atomic E-state index is 12.1. The lowest BCUT2D eigenvalue weighted by molar-refractivity contribution is 0.0610. The first-order valence-electron chi connectivity index (χ1n) is 8.10. The van der Waals surface area contributed by atoms with Crippen LogP contribution >= 0.6 is 0 Å². The number of amides is 1. The van der Waals surface area contributed by atoms with Crippen molar-refractivity contribution in [3.05, 3.63) is 53.6 Å². The molecule has 0 unspecified atom stereocenters. The fraction of sp³-hybridized carbons (Fsp3) is 0.263. The molecular weight excluding hydrogens is 354 g/mol. The normalized spacial score (nSPS) is 11.4. The molecule has 0 saturated heterocycles. The molecule has 0 radical (unpaired) electrons. The smallest absolute Gasteiger partial charge is 0.415 e. The van der Waals surface area contributed by atoms with E-state index >= 15 is 0 Å². The highest BCUT2D eigenvalue weighted by molar-refractivity contribution is 5.97. The molecule has 0 aromatic heterocycles. The number of aromatic hydroxyl groups is 1. The van der Waals surface area contributed by atoms with E-state index in [0.29, 0.717) is 17.9 Å². The highest BCUT2D eigenvalue weighted by Crippen LogP contribution is 2.27. The largest absolute Gasteiger partial charge is 0.508 e. The van der Waals surface area contributed by atoms with Crippen LogP contribution in [0.15, 0.2) is 42.5 Å². The lowest BCUT2D eigenvalue weighted by Gasteiger charge is -2.16. The number of aliphatic hydroxyl groups is 1. The number of carbonyl (C=O) groups is 2. The number of ether oxygens (including phenoxy) is 3. The number of alkyl carbamates (subject to hydrolysis) is 1. The van der Waals surface area contributed by atoms with Crippen molar-refractivity contribution in [1.29, 1.82) is 0 Å². The number of carbonyl (C=O) groups excluding carboxylic acids is 2. The summed E-state index contributed by atoms with van der Waals surface area (Å²) >= 11 is 0. The predicted octanol–water partition coefficient (Wildman–Crippen LogP) is 1.88. The van der Waals surface area contributed by atoms with E-state index in [0.717, 1.165) is 5.56 Å². The van der Waals surface area contributed by atoms with Crippen molar-refractivity contribution in [3.63, 3.8) is 0 Å². The van der Waals surface area contributed by atoms with Crippen LogP contribution < -0.4 is 14.8 Å². The second kappa shape index (κ2) is 9.44. The molecule has 8 nitrogen and oxygen atoms in total. The molecule has 0 aliphatic rings. The molecular formula is C19H21NO7. The molecule has 0 bridgehead atoms. The van der Waals surface area contributed by atoms with Gasteiger partial charge < -0.3 is 29.7 Å². The summed E-state index contributed by atoms with van der Waals surface area (Å²) in [6.07, 6.45) is -0.677. The van der Waals surface area contributed by atoms with Crippen LogP contribution in [0.4, 0.5) is 4.79 Å². The Balaban J connectivity index is 1.96. The quantitative estimate of drug-likeness (QED) is 0.500. The van der Waals surface area contributed by atoms with Crippen molar-refractivity contribution in [2.24, 2.45) is 0 Å². The summed E-state index contributed by atoms with van der Waals surface area (Å²) in [7, 11) is 2.89. The first-order valence-corrected chi connectivity index (χ1v) is 8.10. The van der Waals surface area contributed by atoms with Gasteiger partial charge in [0.05, 0.1) is 32.4 Å². The number of hydrogen-bond acceptors (Lipinski definition) is 7. The molecule has 0 aliphatic carbocycles. The van der Waals surface area contributed by atoms with Gasteiger partial charge in [0.15, 0.2) is 11.5 Å². The van der Waals surface area contributed by atoms with Crippen LogP contribution in [0.1, 0.15) is 15.9 Å². The first-order chi connectivity index (χ1) is 13.0. The standard InChI is InChI=1S/C19H21NO7/c1-25-16-8-5-13(10-17(16)26-2)18(23)27-19(24)20-14(11-21)9-12-3-6-15(22)7-4-12/h3-8,10,14,21-22H,9,11H2,1-2H3,(H,20,24)/t14-/m0/s1.